The molecule has 25 heavy (non-hydrogen) atoms. The molecule has 1 aromatic heterocycles. The van der Waals surface area contributed by atoms with Crippen molar-refractivity contribution < 1.29 is 13.2 Å². The van der Waals surface area contributed by atoms with Gasteiger partial charge >= 0.3 is 0 Å². The van der Waals surface area contributed by atoms with Crippen LogP contribution in [0.5, 0.6) is 0 Å². The number of rotatable bonds is 3. The fourth-order valence-corrected chi connectivity index (χ4v) is 5.03. The first-order valence-electron chi connectivity index (χ1n) is 7.95. The number of aryl methyl sites for hydroxylation is 1. The molecule has 0 saturated heterocycles. The highest BCUT2D eigenvalue weighted by atomic mass is 32.2. The quantitative estimate of drug-likeness (QED) is 0.827. The maximum atomic E-state index is 13.0. The monoisotopic (exact) mass is 380 g/mol. The third-order valence-electron chi connectivity index (χ3n) is 3.89. The van der Waals surface area contributed by atoms with Crippen LogP contribution in [0, 0.1) is 5.41 Å². The number of carbonyl (C=O) groups is 1. The van der Waals surface area contributed by atoms with Crippen LogP contribution in [0.15, 0.2) is 28.6 Å². The molecular formula is C16H20N4O3S2. The Morgan fingerprint density at radius 2 is 1.96 bits per heavy atom. The van der Waals surface area contributed by atoms with E-state index < -0.39 is 15.4 Å². The highest BCUT2D eigenvalue weighted by Gasteiger charge is 2.32. The average Bonchev–Trinajstić information content (AvgIpc) is 3.02. The van der Waals surface area contributed by atoms with E-state index in [0.717, 1.165) is 29.7 Å². The van der Waals surface area contributed by atoms with E-state index in [4.69, 9.17) is 0 Å². The molecule has 7 nitrogen and oxygen atoms in total. The second-order valence-corrected chi connectivity index (χ2v) is 9.90. The molecule has 3 rings (SSSR count). The van der Waals surface area contributed by atoms with Gasteiger partial charge in [0.05, 0.1) is 5.69 Å². The Bertz CT molecular complexity index is 900. The second-order valence-electron chi connectivity index (χ2n) is 6.89. The van der Waals surface area contributed by atoms with Gasteiger partial charge in [-0.15, -0.1) is 10.2 Å². The van der Waals surface area contributed by atoms with Crippen LogP contribution in [0.25, 0.3) is 0 Å². The van der Waals surface area contributed by atoms with Crippen LogP contribution in [-0.4, -0.2) is 31.1 Å². The summed E-state index contributed by atoms with van der Waals surface area (Å²) in [7, 11) is -3.80. The van der Waals surface area contributed by atoms with Crippen molar-refractivity contribution in [3.8, 4) is 0 Å². The van der Waals surface area contributed by atoms with Crippen LogP contribution in [-0.2, 0) is 21.2 Å². The Labute approximate surface area is 151 Å². The minimum atomic E-state index is -3.80. The lowest BCUT2D eigenvalue weighted by molar-refractivity contribution is -0.123. The van der Waals surface area contributed by atoms with Gasteiger partial charge in [-0.25, -0.2) is 0 Å². The van der Waals surface area contributed by atoms with E-state index in [-0.39, 0.29) is 15.4 Å². The Kier molecular flexibility index (Phi) is 4.54. The molecule has 0 aliphatic carbocycles. The largest absolute Gasteiger partial charge is 0.300 e. The fraction of sp³-hybridized carbons (Fsp3) is 0.438. The molecule has 0 fully saturated rings. The van der Waals surface area contributed by atoms with Crippen molar-refractivity contribution in [1.82, 2.24) is 10.2 Å². The number of benzene rings is 1. The highest BCUT2D eigenvalue weighted by Crippen LogP contribution is 2.33. The van der Waals surface area contributed by atoms with Crippen molar-refractivity contribution >= 4 is 38.1 Å². The maximum Gasteiger partial charge on any atom is 0.293 e. The molecule has 1 amide bonds. The van der Waals surface area contributed by atoms with E-state index >= 15 is 0 Å². The molecule has 2 heterocycles. The van der Waals surface area contributed by atoms with Crippen molar-refractivity contribution in [2.45, 2.75) is 38.0 Å². The summed E-state index contributed by atoms with van der Waals surface area (Å²) in [6, 6.07) is 7.46. The molecule has 0 spiro atoms. The summed E-state index contributed by atoms with van der Waals surface area (Å²) in [6.45, 7) is 5.71. The number of carbonyl (C=O) groups excluding carboxylic acids is 1. The smallest absolute Gasteiger partial charge is 0.293 e. The third-order valence-corrected chi connectivity index (χ3v) is 6.88. The predicted molar refractivity (Wildman–Crippen MR) is 97.3 cm³/mol. The summed E-state index contributed by atoms with van der Waals surface area (Å²) in [4.78, 5) is 12.0. The number of sulfonamides is 1. The minimum Gasteiger partial charge on any atom is -0.300 e. The van der Waals surface area contributed by atoms with Crippen molar-refractivity contribution in [3.63, 3.8) is 0 Å². The second kappa shape index (κ2) is 6.38. The molecule has 9 heteroatoms. The minimum absolute atomic E-state index is 0.117. The predicted octanol–water partition coefficient (Wildman–Crippen LogP) is 2.66. The van der Waals surface area contributed by atoms with Crippen molar-refractivity contribution in [1.29, 1.82) is 0 Å². The van der Waals surface area contributed by atoms with Crippen LogP contribution in [0.3, 0.4) is 0 Å². The Morgan fingerprint density at radius 1 is 1.24 bits per heavy atom. The van der Waals surface area contributed by atoms with E-state index in [1.54, 1.807) is 26.8 Å². The van der Waals surface area contributed by atoms with Crippen molar-refractivity contribution in [2.24, 2.45) is 5.41 Å². The van der Waals surface area contributed by atoms with Crippen molar-refractivity contribution in [3.05, 3.63) is 29.8 Å². The lowest BCUT2D eigenvalue weighted by Gasteiger charge is -2.29. The van der Waals surface area contributed by atoms with Gasteiger partial charge in [0.15, 0.2) is 0 Å². The molecule has 0 saturated carbocycles. The molecule has 1 N–H and O–H groups in total. The summed E-state index contributed by atoms with van der Waals surface area (Å²) >= 11 is 0.869. The number of nitrogens with one attached hydrogen (secondary N) is 1. The molecule has 0 bridgehead atoms. The average molecular weight is 380 g/mol. The van der Waals surface area contributed by atoms with Gasteiger partial charge in [-0.1, -0.05) is 50.3 Å². The summed E-state index contributed by atoms with van der Waals surface area (Å²) in [6.07, 6.45) is 1.61. The van der Waals surface area contributed by atoms with Gasteiger partial charge in [0.2, 0.25) is 11.0 Å². The van der Waals surface area contributed by atoms with E-state index in [9.17, 15) is 13.2 Å². The molecular weight excluding hydrogens is 360 g/mol. The number of nitrogens with zero attached hydrogens (tertiary/aromatic N) is 3. The fourth-order valence-electron chi connectivity index (χ4n) is 2.49. The lowest BCUT2D eigenvalue weighted by Crippen LogP contribution is -2.35. The first-order chi connectivity index (χ1) is 11.7. The third kappa shape index (κ3) is 3.52. The summed E-state index contributed by atoms with van der Waals surface area (Å²) in [5, 5.41) is 10.4. The van der Waals surface area contributed by atoms with E-state index in [2.05, 4.69) is 15.5 Å². The van der Waals surface area contributed by atoms with Crippen LogP contribution < -0.4 is 9.62 Å². The SMILES string of the molecule is CC(C)(C)C(=O)Nc1nnc(S(=O)(=O)N2CCCc3ccccc32)s1. The Balaban J connectivity index is 1.89. The molecule has 0 atom stereocenters. The van der Waals surface area contributed by atoms with E-state index in [1.807, 2.05) is 18.2 Å². The summed E-state index contributed by atoms with van der Waals surface area (Å²) < 4.78 is 27.2. The number of hydrogen-bond acceptors (Lipinski definition) is 6. The zero-order valence-electron chi connectivity index (χ0n) is 14.3. The molecule has 0 unspecified atom stereocenters. The van der Waals surface area contributed by atoms with Gasteiger partial charge in [0, 0.05) is 12.0 Å². The van der Waals surface area contributed by atoms with Crippen LogP contribution >= 0.6 is 11.3 Å². The number of aromatic nitrogens is 2. The zero-order valence-corrected chi connectivity index (χ0v) is 15.9. The molecule has 1 aliphatic heterocycles. The van der Waals surface area contributed by atoms with Crippen LogP contribution in [0.4, 0.5) is 10.8 Å². The van der Waals surface area contributed by atoms with Crippen LogP contribution in [0.1, 0.15) is 32.8 Å². The zero-order chi connectivity index (χ0) is 18.2. The van der Waals surface area contributed by atoms with E-state index in [0.29, 0.717) is 12.2 Å². The number of anilines is 2. The molecule has 134 valence electrons. The standard InChI is InChI=1S/C16H20N4O3S2/c1-16(2,3)13(21)17-14-18-19-15(24-14)25(22,23)20-10-6-8-11-7-4-5-9-12(11)20/h4-5,7,9H,6,8,10H2,1-3H3,(H,17,18,21). The van der Waals surface area contributed by atoms with Gasteiger partial charge in [0.25, 0.3) is 14.4 Å². The van der Waals surface area contributed by atoms with Gasteiger partial charge in [0.1, 0.15) is 0 Å². The number of hydrogen-bond donors (Lipinski definition) is 1. The van der Waals surface area contributed by atoms with Gasteiger partial charge in [-0.05, 0) is 24.5 Å². The van der Waals surface area contributed by atoms with E-state index in [1.165, 1.54) is 4.31 Å². The Hall–Kier alpha value is -2.00. The molecule has 0 radical (unpaired) electrons. The molecule has 1 aliphatic rings. The summed E-state index contributed by atoms with van der Waals surface area (Å²) in [5.74, 6) is -0.240. The number of fused-ring (bicyclic) bond motifs is 1. The number of amides is 1. The van der Waals surface area contributed by atoms with Gasteiger partial charge in [-0.2, -0.15) is 8.42 Å². The van der Waals surface area contributed by atoms with Gasteiger partial charge in [-0.3, -0.25) is 9.10 Å². The maximum absolute atomic E-state index is 13.0. The topological polar surface area (TPSA) is 92.3 Å². The van der Waals surface area contributed by atoms with Crippen molar-refractivity contribution in [2.75, 3.05) is 16.2 Å². The molecule has 1 aromatic carbocycles. The van der Waals surface area contributed by atoms with Crippen LogP contribution in [0.2, 0.25) is 0 Å². The highest BCUT2D eigenvalue weighted by molar-refractivity contribution is 7.94. The molecule has 2 aromatic rings. The van der Waals surface area contributed by atoms with Gasteiger partial charge < -0.3 is 5.32 Å². The summed E-state index contributed by atoms with van der Waals surface area (Å²) in [5.41, 5.74) is 1.09. The Morgan fingerprint density at radius 3 is 2.68 bits per heavy atom. The first-order valence-corrected chi connectivity index (χ1v) is 10.2. The lowest BCUT2D eigenvalue weighted by atomic mass is 9.96. The normalized spacial score (nSPS) is 14.9. The number of para-hydroxylation sites is 1. The first kappa shape index (κ1) is 17.8.